The van der Waals surface area contributed by atoms with Gasteiger partial charge in [-0.05, 0) is 106 Å². The van der Waals surface area contributed by atoms with E-state index in [1.54, 1.807) is 36.4 Å². The molecule has 3 aliphatic rings. The quantitative estimate of drug-likeness (QED) is 0.0449. The van der Waals surface area contributed by atoms with Crippen molar-refractivity contribution in [2.75, 3.05) is 139 Å². The zero-order chi connectivity index (χ0) is 55.8. The normalized spacial score (nSPS) is 20.0. The lowest BCUT2D eigenvalue weighted by Crippen LogP contribution is -2.36. The molecule has 7 rings (SSSR count). The van der Waals surface area contributed by atoms with Crippen LogP contribution in [0.15, 0.2) is 60.7 Å². The monoisotopic (exact) mass is 1210 g/mol. The largest absolute Gasteiger partial charge is 0.477 e. The summed E-state index contributed by atoms with van der Waals surface area (Å²) in [5, 5.41) is 34.6. The van der Waals surface area contributed by atoms with E-state index in [9.17, 15) is 29.4 Å². The molecule has 4 N–H and O–H groups in total. The van der Waals surface area contributed by atoms with Gasteiger partial charge in [0, 0.05) is 80.8 Å². The SMILES string of the molecule is CC(CCN(C)I)n1nc2c(n1)CC[C@H]1C(COC(=O)NCCOCCOCCNC(=O)c3ccc(C(c4cccc(C(=O)O)n4)N4CCOCCOCCN(Cc5cccc(C(=O)O)n5)CCOCCOCC4)cc3)[C@H]1CC2. The van der Waals surface area contributed by atoms with Crippen molar-refractivity contribution in [3.8, 4) is 0 Å². The van der Waals surface area contributed by atoms with E-state index < -0.39 is 24.1 Å². The molecule has 79 heavy (non-hydrogen) atoms. The molecule has 4 aromatic rings. The summed E-state index contributed by atoms with van der Waals surface area (Å²) in [5.74, 6) is -1.04. The third kappa shape index (κ3) is 20.3. The van der Waals surface area contributed by atoms with Crippen LogP contribution in [-0.4, -0.2) is 211 Å². The molecule has 1 aliphatic heterocycles. The highest BCUT2D eigenvalue weighted by Gasteiger charge is 2.50. The number of carbonyl (C=O) groups excluding carboxylic acids is 2. The number of aryl methyl sites for hydroxylation is 2. The number of rotatable bonds is 23. The molecule has 0 bridgehead atoms. The molecular formula is C55H77IN10O13. The molecule has 2 amide bonds. The summed E-state index contributed by atoms with van der Waals surface area (Å²) in [6, 6.07) is 16.7. The molecule has 1 saturated carbocycles. The molecule has 3 unspecified atom stereocenters. The van der Waals surface area contributed by atoms with Gasteiger partial charge in [-0.1, -0.05) is 24.3 Å². The number of aromatic carboxylic acids is 2. The van der Waals surface area contributed by atoms with E-state index in [0.29, 0.717) is 153 Å². The van der Waals surface area contributed by atoms with Crippen LogP contribution in [0.5, 0.6) is 0 Å². The van der Waals surface area contributed by atoms with Gasteiger partial charge < -0.3 is 54.0 Å². The number of halogens is 1. The first-order chi connectivity index (χ1) is 38.4. The summed E-state index contributed by atoms with van der Waals surface area (Å²) in [7, 11) is 2.07. The standard InChI is InChI=1S/C55H77IN10O13/c1-39(17-20-63(2)56)66-61-46-15-13-43-44(14-16-47(46)62-66)45(43)38-79-55(72)58-19-26-74-32-31-73-25-18-57-52(67)41-11-9-40(10-12-41)51(48-6-4-8-50(60-48)54(70)71)65-23-29-77-35-33-75-27-21-64(22-28-76-34-36-78-30-24-65)37-42-5-3-7-49(59-42)53(68)69/h3-12,39,43-45,51H,13-38H2,1-2H3,(H,57,67)(H,58,72)(H,68,69)(H,70,71)/t39?,43-,44+,45?,51?. The maximum atomic E-state index is 13.2. The van der Waals surface area contributed by atoms with Gasteiger partial charge in [-0.2, -0.15) is 15.0 Å². The van der Waals surface area contributed by atoms with Crippen LogP contribution < -0.4 is 10.6 Å². The Morgan fingerprint density at radius 1 is 0.722 bits per heavy atom. The Bertz CT molecular complexity index is 2470. The van der Waals surface area contributed by atoms with Crippen molar-refractivity contribution >= 4 is 46.8 Å². The first-order valence-electron chi connectivity index (χ1n) is 27.4. The van der Waals surface area contributed by atoms with E-state index in [2.05, 4.69) is 70.4 Å². The highest BCUT2D eigenvalue weighted by molar-refractivity contribution is 14.1. The van der Waals surface area contributed by atoms with Gasteiger partial charge in [-0.3, -0.25) is 17.7 Å². The molecule has 2 aliphatic carbocycles. The fourth-order valence-corrected chi connectivity index (χ4v) is 10.1. The fraction of sp³-hybridized carbons (Fsp3) is 0.600. The first-order valence-corrected chi connectivity index (χ1v) is 28.3. The van der Waals surface area contributed by atoms with Gasteiger partial charge >= 0.3 is 18.0 Å². The molecule has 1 saturated heterocycles. The lowest BCUT2D eigenvalue weighted by Gasteiger charge is -2.32. The first kappa shape index (κ1) is 61.3. The van der Waals surface area contributed by atoms with Crippen molar-refractivity contribution in [1.29, 1.82) is 0 Å². The number of alkyl carbamates (subject to hydrolysis) is 1. The van der Waals surface area contributed by atoms with E-state index in [-0.39, 0.29) is 36.5 Å². The lowest BCUT2D eigenvalue weighted by atomic mass is 9.99. The summed E-state index contributed by atoms with van der Waals surface area (Å²) < 4.78 is 42.9. The predicted octanol–water partition coefficient (Wildman–Crippen LogP) is 4.60. The minimum Gasteiger partial charge on any atom is -0.477 e. The summed E-state index contributed by atoms with van der Waals surface area (Å²) in [6.07, 6.45) is 4.44. The number of pyridine rings is 2. The van der Waals surface area contributed by atoms with Crippen molar-refractivity contribution in [2.24, 2.45) is 17.8 Å². The third-order valence-electron chi connectivity index (χ3n) is 14.2. The molecular weight excluding hydrogens is 1140 g/mol. The Balaban J connectivity index is 0.791. The summed E-state index contributed by atoms with van der Waals surface area (Å²) in [4.78, 5) is 64.1. The number of carboxylic acid groups (broad SMARTS) is 2. The summed E-state index contributed by atoms with van der Waals surface area (Å²) >= 11 is 2.30. The van der Waals surface area contributed by atoms with Crippen molar-refractivity contribution in [3.05, 3.63) is 106 Å². The number of hydrogen-bond donors (Lipinski definition) is 4. The van der Waals surface area contributed by atoms with Crippen LogP contribution in [0.4, 0.5) is 4.79 Å². The number of carbonyl (C=O) groups is 4. The van der Waals surface area contributed by atoms with E-state index in [0.717, 1.165) is 55.6 Å². The van der Waals surface area contributed by atoms with Gasteiger partial charge in [0.05, 0.1) is 121 Å². The van der Waals surface area contributed by atoms with Crippen molar-refractivity contribution < 1.29 is 62.5 Å². The smallest absolute Gasteiger partial charge is 0.407 e. The minimum atomic E-state index is -1.15. The Kier molecular flexibility index (Phi) is 25.5. The molecule has 2 fully saturated rings. The highest BCUT2D eigenvalue weighted by atomic mass is 127. The van der Waals surface area contributed by atoms with Gasteiger partial charge in [-0.15, -0.1) is 0 Å². The second-order valence-corrected chi connectivity index (χ2v) is 21.5. The van der Waals surface area contributed by atoms with Crippen LogP contribution in [0.3, 0.4) is 0 Å². The lowest BCUT2D eigenvalue weighted by molar-refractivity contribution is 0.00331. The Labute approximate surface area is 475 Å². The summed E-state index contributed by atoms with van der Waals surface area (Å²) in [6.45, 7) is 10.7. The van der Waals surface area contributed by atoms with E-state index >= 15 is 0 Å². The Hall–Kier alpha value is -5.29. The molecule has 5 atom stereocenters. The van der Waals surface area contributed by atoms with Crippen LogP contribution in [0.2, 0.25) is 0 Å². The zero-order valence-corrected chi connectivity index (χ0v) is 47.5. The molecule has 432 valence electrons. The number of carboxylic acids is 2. The van der Waals surface area contributed by atoms with Crippen LogP contribution in [0.25, 0.3) is 0 Å². The maximum absolute atomic E-state index is 13.2. The van der Waals surface area contributed by atoms with Crippen LogP contribution in [0, 0.1) is 17.8 Å². The van der Waals surface area contributed by atoms with E-state index in [1.165, 1.54) is 12.1 Å². The van der Waals surface area contributed by atoms with Crippen molar-refractivity contribution in [2.45, 2.75) is 57.7 Å². The maximum Gasteiger partial charge on any atom is 0.407 e. The molecule has 3 aromatic heterocycles. The average molecular weight is 1210 g/mol. The Morgan fingerprint density at radius 3 is 1.86 bits per heavy atom. The van der Waals surface area contributed by atoms with Gasteiger partial charge in [-0.25, -0.2) is 24.4 Å². The van der Waals surface area contributed by atoms with Crippen LogP contribution in [0.1, 0.15) is 97.9 Å². The Morgan fingerprint density at radius 2 is 1.28 bits per heavy atom. The number of fused-ring (bicyclic) bond motifs is 2. The van der Waals surface area contributed by atoms with Crippen molar-refractivity contribution in [3.63, 3.8) is 0 Å². The number of benzene rings is 1. The molecule has 24 heteroatoms. The molecule has 0 spiro atoms. The number of nitrogens with one attached hydrogen (secondary N) is 2. The van der Waals surface area contributed by atoms with Crippen LogP contribution in [-0.2, 0) is 52.5 Å². The van der Waals surface area contributed by atoms with Gasteiger partial charge in [0.25, 0.3) is 5.91 Å². The molecule has 1 aromatic carbocycles. The van der Waals surface area contributed by atoms with E-state index in [1.807, 2.05) is 16.9 Å². The zero-order valence-electron chi connectivity index (χ0n) is 45.4. The number of aromatic nitrogens is 5. The number of ether oxygens (including phenoxy) is 7. The number of hydrogen-bond acceptors (Lipinski definition) is 18. The second-order valence-electron chi connectivity index (χ2n) is 19.8. The predicted molar refractivity (Wildman–Crippen MR) is 297 cm³/mol. The van der Waals surface area contributed by atoms with Gasteiger partial charge in [0.15, 0.2) is 0 Å². The second kappa shape index (κ2) is 32.8. The number of nitrogens with zero attached hydrogens (tertiary/aromatic N) is 8. The summed E-state index contributed by atoms with van der Waals surface area (Å²) in [5.41, 5.74) is 4.49. The highest BCUT2D eigenvalue weighted by Crippen LogP contribution is 2.53. The van der Waals surface area contributed by atoms with E-state index in [4.69, 9.17) is 43.4 Å². The third-order valence-corrected chi connectivity index (χ3v) is 14.7. The fourth-order valence-electron chi connectivity index (χ4n) is 9.85. The average Bonchev–Trinajstić information content (AvgIpc) is 4.20. The molecule has 4 heterocycles. The van der Waals surface area contributed by atoms with Gasteiger partial charge in [0.2, 0.25) is 0 Å². The number of amides is 2. The topological polar surface area (TPSA) is 264 Å². The van der Waals surface area contributed by atoms with Crippen LogP contribution >= 0.6 is 22.9 Å². The minimum absolute atomic E-state index is 0.00799. The van der Waals surface area contributed by atoms with Gasteiger partial charge in [0.1, 0.15) is 11.4 Å². The molecule has 0 radical (unpaired) electrons. The molecule has 23 nitrogen and oxygen atoms in total. The van der Waals surface area contributed by atoms with Crippen molar-refractivity contribution in [1.82, 2.24) is 48.5 Å².